The molecule has 0 aromatic carbocycles. The molecule has 1 aliphatic rings. The van der Waals surface area contributed by atoms with E-state index in [4.69, 9.17) is 5.73 Å². The molecular formula is C13H28IN3. The van der Waals surface area contributed by atoms with Crippen molar-refractivity contribution in [2.45, 2.75) is 46.5 Å². The van der Waals surface area contributed by atoms with E-state index in [1.165, 1.54) is 25.7 Å². The van der Waals surface area contributed by atoms with Crippen LogP contribution in [0, 0.1) is 11.8 Å². The molecule has 2 atom stereocenters. The fraction of sp³-hybridized carbons (Fsp3) is 0.923. The summed E-state index contributed by atoms with van der Waals surface area (Å²) in [5.41, 5.74) is 5.98. The second-order valence-electron chi connectivity index (χ2n) is 4.89. The van der Waals surface area contributed by atoms with Gasteiger partial charge in [-0.2, -0.15) is 0 Å². The summed E-state index contributed by atoms with van der Waals surface area (Å²) in [6.45, 7) is 9.42. The first kappa shape index (κ1) is 17.0. The van der Waals surface area contributed by atoms with Crippen molar-refractivity contribution in [3.63, 3.8) is 0 Å². The highest BCUT2D eigenvalue weighted by Crippen LogP contribution is 2.29. The molecule has 2 unspecified atom stereocenters. The normalized spacial score (nSPS) is 25.2. The van der Waals surface area contributed by atoms with E-state index in [0.29, 0.717) is 0 Å². The van der Waals surface area contributed by atoms with Gasteiger partial charge in [0, 0.05) is 19.6 Å². The summed E-state index contributed by atoms with van der Waals surface area (Å²) < 4.78 is 0. The fourth-order valence-corrected chi connectivity index (χ4v) is 2.52. The molecule has 1 fully saturated rings. The molecule has 0 aromatic heterocycles. The van der Waals surface area contributed by atoms with Crippen LogP contribution in [0.5, 0.6) is 0 Å². The van der Waals surface area contributed by atoms with Crippen LogP contribution in [0.2, 0.25) is 0 Å². The zero-order valence-corrected chi connectivity index (χ0v) is 13.8. The van der Waals surface area contributed by atoms with Crippen molar-refractivity contribution in [2.75, 3.05) is 19.6 Å². The summed E-state index contributed by atoms with van der Waals surface area (Å²) >= 11 is 0. The van der Waals surface area contributed by atoms with Crippen molar-refractivity contribution in [3.05, 3.63) is 0 Å². The molecule has 0 heterocycles. The Labute approximate surface area is 123 Å². The van der Waals surface area contributed by atoms with Crippen molar-refractivity contribution in [3.8, 4) is 0 Å². The summed E-state index contributed by atoms with van der Waals surface area (Å²) in [6.07, 6.45) is 5.46. The van der Waals surface area contributed by atoms with E-state index in [-0.39, 0.29) is 24.0 Å². The number of halogens is 1. The summed E-state index contributed by atoms with van der Waals surface area (Å²) in [6, 6.07) is 0. The van der Waals surface area contributed by atoms with Gasteiger partial charge in [0.15, 0.2) is 5.96 Å². The summed E-state index contributed by atoms with van der Waals surface area (Å²) in [5, 5.41) is 0. The van der Waals surface area contributed by atoms with Gasteiger partial charge in [0.2, 0.25) is 0 Å². The molecule has 0 bridgehead atoms. The molecule has 4 heteroatoms. The minimum atomic E-state index is 0. The van der Waals surface area contributed by atoms with Crippen LogP contribution in [0.3, 0.4) is 0 Å². The van der Waals surface area contributed by atoms with Crippen molar-refractivity contribution in [2.24, 2.45) is 22.6 Å². The maximum Gasteiger partial charge on any atom is 0.191 e. The molecule has 3 nitrogen and oxygen atoms in total. The smallest absolute Gasteiger partial charge is 0.191 e. The SMILES string of the molecule is CCN(CC)C(N)=NCC1CCCCC1C.I. The van der Waals surface area contributed by atoms with E-state index in [2.05, 4.69) is 30.7 Å². The summed E-state index contributed by atoms with van der Waals surface area (Å²) in [4.78, 5) is 6.68. The second-order valence-corrected chi connectivity index (χ2v) is 4.89. The van der Waals surface area contributed by atoms with Crippen LogP contribution >= 0.6 is 24.0 Å². The summed E-state index contributed by atoms with van der Waals surface area (Å²) in [5.74, 6) is 2.30. The number of rotatable bonds is 4. The largest absolute Gasteiger partial charge is 0.370 e. The van der Waals surface area contributed by atoms with Crippen LogP contribution in [-0.4, -0.2) is 30.5 Å². The quantitative estimate of drug-likeness (QED) is 0.479. The van der Waals surface area contributed by atoms with E-state index in [1.54, 1.807) is 0 Å². The molecule has 102 valence electrons. The van der Waals surface area contributed by atoms with Gasteiger partial charge in [-0.25, -0.2) is 0 Å². The monoisotopic (exact) mass is 353 g/mol. The van der Waals surface area contributed by atoms with Crippen LogP contribution in [0.1, 0.15) is 46.5 Å². The first-order chi connectivity index (χ1) is 7.69. The third-order valence-electron chi connectivity index (χ3n) is 3.86. The fourth-order valence-electron chi connectivity index (χ4n) is 2.52. The average molecular weight is 353 g/mol. The maximum absolute atomic E-state index is 5.98. The molecule has 17 heavy (non-hydrogen) atoms. The first-order valence-electron chi connectivity index (χ1n) is 6.73. The molecule has 2 N–H and O–H groups in total. The lowest BCUT2D eigenvalue weighted by atomic mass is 9.80. The molecule has 1 rings (SSSR count). The van der Waals surface area contributed by atoms with E-state index < -0.39 is 0 Å². The van der Waals surface area contributed by atoms with Crippen LogP contribution < -0.4 is 5.73 Å². The topological polar surface area (TPSA) is 41.6 Å². The van der Waals surface area contributed by atoms with Crippen molar-refractivity contribution >= 4 is 29.9 Å². The molecule has 1 aliphatic carbocycles. The van der Waals surface area contributed by atoms with Gasteiger partial charge in [0.25, 0.3) is 0 Å². The first-order valence-corrected chi connectivity index (χ1v) is 6.73. The van der Waals surface area contributed by atoms with Crippen molar-refractivity contribution in [1.29, 1.82) is 0 Å². The standard InChI is InChI=1S/C13H27N3.HI/c1-4-16(5-2)13(14)15-10-12-9-7-6-8-11(12)3;/h11-12H,4-10H2,1-3H3,(H2,14,15);1H. The van der Waals surface area contributed by atoms with Gasteiger partial charge in [-0.1, -0.05) is 26.2 Å². The van der Waals surface area contributed by atoms with Crippen LogP contribution in [0.4, 0.5) is 0 Å². The molecule has 0 radical (unpaired) electrons. The average Bonchev–Trinajstić information content (AvgIpc) is 2.29. The molecular weight excluding hydrogens is 325 g/mol. The highest BCUT2D eigenvalue weighted by Gasteiger charge is 2.20. The van der Waals surface area contributed by atoms with Gasteiger partial charge in [-0.05, 0) is 32.1 Å². The lowest BCUT2D eigenvalue weighted by Crippen LogP contribution is -2.37. The summed E-state index contributed by atoms with van der Waals surface area (Å²) in [7, 11) is 0. The van der Waals surface area contributed by atoms with Crippen molar-refractivity contribution < 1.29 is 0 Å². The lowest BCUT2D eigenvalue weighted by Gasteiger charge is -2.28. The lowest BCUT2D eigenvalue weighted by molar-refractivity contribution is 0.263. The van der Waals surface area contributed by atoms with Gasteiger partial charge < -0.3 is 10.6 Å². The van der Waals surface area contributed by atoms with Gasteiger partial charge in [-0.3, -0.25) is 4.99 Å². The van der Waals surface area contributed by atoms with E-state index in [1.807, 2.05) is 0 Å². The molecule has 0 spiro atoms. The van der Waals surface area contributed by atoms with Gasteiger partial charge in [0.1, 0.15) is 0 Å². The number of hydrogen-bond donors (Lipinski definition) is 1. The highest BCUT2D eigenvalue weighted by atomic mass is 127. The molecule has 0 amide bonds. The minimum Gasteiger partial charge on any atom is -0.370 e. The Kier molecular flexibility index (Phi) is 9.00. The molecule has 0 aromatic rings. The van der Waals surface area contributed by atoms with Gasteiger partial charge in [0.05, 0.1) is 0 Å². The van der Waals surface area contributed by atoms with Crippen LogP contribution in [0.25, 0.3) is 0 Å². The Morgan fingerprint density at radius 3 is 2.35 bits per heavy atom. The highest BCUT2D eigenvalue weighted by molar-refractivity contribution is 14.0. The van der Waals surface area contributed by atoms with E-state index in [9.17, 15) is 0 Å². The Morgan fingerprint density at radius 1 is 1.24 bits per heavy atom. The van der Waals surface area contributed by atoms with E-state index in [0.717, 1.165) is 37.4 Å². The van der Waals surface area contributed by atoms with Gasteiger partial charge >= 0.3 is 0 Å². The number of nitrogens with zero attached hydrogens (tertiary/aromatic N) is 2. The molecule has 0 saturated heterocycles. The Balaban J connectivity index is 0.00000256. The Hall–Kier alpha value is 0. The van der Waals surface area contributed by atoms with Crippen LogP contribution in [0.15, 0.2) is 4.99 Å². The second kappa shape index (κ2) is 9.00. The number of hydrogen-bond acceptors (Lipinski definition) is 1. The Bertz CT molecular complexity index is 227. The molecule has 1 saturated carbocycles. The van der Waals surface area contributed by atoms with Crippen molar-refractivity contribution in [1.82, 2.24) is 4.90 Å². The zero-order valence-electron chi connectivity index (χ0n) is 11.5. The van der Waals surface area contributed by atoms with E-state index >= 15 is 0 Å². The minimum absolute atomic E-state index is 0. The number of nitrogens with two attached hydrogens (primary N) is 1. The number of guanidine groups is 1. The zero-order chi connectivity index (χ0) is 12.0. The number of aliphatic imine (C=N–C) groups is 1. The third-order valence-corrected chi connectivity index (χ3v) is 3.86. The predicted molar refractivity (Wildman–Crippen MR) is 85.9 cm³/mol. The van der Waals surface area contributed by atoms with Gasteiger partial charge in [-0.15, -0.1) is 24.0 Å². The molecule has 0 aliphatic heterocycles. The Morgan fingerprint density at radius 2 is 1.82 bits per heavy atom. The predicted octanol–water partition coefficient (Wildman–Crippen LogP) is 3.09. The third kappa shape index (κ3) is 5.44. The maximum atomic E-state index is 5.98. The van der Waals surface area contributed by atoms with Crippen LogP contribution in [-0.2, 0) is 0 Å².